The molecule has 1 saturated heterocycles. The summed E-state index contributed by atoms with van der Waals surface area (Å²) in [6.07, 6.45) is -0.806. The third-order valence-electron chi connectivity index (χ3n) is 3.81. The predicted molar refractivity (Wildman–Crippen MR) is 94.2 cm³/mol. The standard InChI is InChI=1S/C18H26N2O5/c1-18(2,3)25-17(23)20-11-14(10-15(20)16(21)22)24-13-8-6-7-12(9-13)19(4)5/h6-9,14-15H,10-11H2,1-5H3,(H,21,22)/t14-,15-/m1/s1. The molecule has 1 heterocycles. The molecule has 1 aliphatic rings. The van der Waals surface area contributed by atoms with E-state index in [1.807, 2.05) is 43.3 Å². The highest BCUT2D eigenvalue weighted by atomic mass is 16.6. The molecule has 0 unspecified atom stereocenters. The maximum Gasteiger partial charge on any atom is 0.411 e. The van der Waals surface area contributed by atoms with E-state index in [9.17, 15) is 14.7 Å². The lowest BCUT2D eigenvalue weighted by Crippen LogP contribution is -2.43. The molecule has 0 bridgehead atoms. The van der Waals surface area contributed by atoms with Gasteiger partial charge in [-0.05, 0) is 32.9 Å². The van der Waals surface area contributed by atoms with Crippen LogP contribution in [0.1, 0.15) is 27.2 Å². The fourth-order valence-corrected chi connectivity index (χ4v) is 2.67. The van der Waals surface area contributed by atoms with Gasteiger partial charge >= 0.3 is 12.1 Å². The summed E-state index contributed by atoms with van der Waals surface area (Å²) >= 11 is 0. The van der Waals surface area contributed by atoms with E-state index in [2.05, 4.69) is 0 Å². The van der Waals surface area contributed by atoms with E-state index in [0.717, 1.165) is 5.69 Å². The van der Waals surface area contributed by atoms with Crippen molar-refractivity contribution >= 4 is 17.7 Å². The minimum atomic E-state index is -1.06. The van der Waals surface area contributed by atoms with Crippen molar-refractivity contribution in [3.63, 3.8) is 0 Å². The third kappa shape index (κ3) is 5.01. The first-order valence-corrected chi connectivity index (χ1v) is 8.23. The van der Waals surface area contributed by atoms with Gasteiger partial charge in [0.25, 0.3) is 0 Å². The number of aliphatic carboxylic acids is 1. The first kappa shape index (κ1) is 18.9. The number of likely N-dealkylation sites (tertiary alicyclic amines) is 1. The van der Waals surface area contributed by atoms with Crippen LogP contribution >= 0.6 is 0 Å². The number of hydrogen-bond donors (Lipinski definition) is 1. The highest BCUT2D eigenvalue weighted by Gasteiger charge is 2.42. The SMILES string of the molecule is CN(C)c1cccc(O[C@@H]2C[C@H](C(=O)O)N(C(=O)OC(C)(C)C)C2)c1. The molecule has 0 saturated carbocycles. The van der Waals surface area contributed by atoms with Crippen LogP contribution in [0.4, 0.5) is 10.5 Å². The lowest BCUT2D eigenvalue weighted by atomic mass is 10.2. The molecule has 1 fully saturated rings. The van der Waals surface area contributed by atoms with Crippen LogP contribution in [0, 0.1) is 0 Å². The first-order chi connectivity index (χ1) is 11.6. The molecule has 1 aromatic rings. The number of anilines is 1. The Morgan fingerprint density at radius 3 is 2.52 bits per heavy atom. The molecule has 0 spiro atoms. The number of benzene rings is 1. The molecule has 7 nitrogen and oxygen atoms in total. The normalized spacial score (nSPS) is 20.3. The Hall–Kier alpha value is -2.44. The van der Waals surface area contributed by atoms with Gasteiger partial charge in [0, 0.05) is 32.3 Å². The van der Waals surface area contributed by atoms with Crippen LogP contribution in [0.15, 0.2) is 24.3 Å². The van der Waals surface area contributed by atoms with E-state index in [4.69, 9.17) is 9.47 Å². The predicted octanol–water partition coefficient (Wildman–Crippen LogP) is 2.59. The number of amides is 1. The lowest BCUT2D eigenvalue weighted by Gasteiger charge is -2.26. The Morgan fingerprint density at radius 2 is 1.96 bits per heavy atom. The third-order valence-corrected chi connectivity index (χ3v) is 3.81. The molecule has 0 aliphatic carbocycles. The summed E-state index contributed by atoms with van der Waals surface area (Å²) in [6.45, 7) is 5.42. The summed E-state index contributed by atoms with van der Waals surface area (Å²) < 4.78 is 11.2. The van der Waals surface area contributed by atoms with Crippen molar-refractivity contribution in [1.82, 2.24) is 4.90 Å². The van der Waals surface area contributed by atoms with Gasteiger partial charge in [0.2, 0.25) is 0 Å². The summed E-state index contributed by atoms with van der Waals surface area (Å²) in [6, 6.07) is 6.58. The summed E-state index contributed by atoms with van der Waals surface area (Å²) in [5.74, 6) is -0.412. The van der Waals surface area contributed by atoms with E-state index in [1.54, 1.807) is 20.8 Å². The van der Waals surface area contributed by atoms with Crippen molar-refractivity contribution in [2.24, 2.45) is 0 Å². The highest BCUT2D eigenvalue weighted by Crippen LogP contribution is 2.27. The second-order valence-corrected chi connectivity index (χ2v) is 7.35. The van der Waals surface area contributed by atoms with E-state index < -0.39 is 29.8 Å². The van der Waals surface area contributed by atoms with Crippen molar-refractivity contribution in [1.29, 1.82) is 0 Å². The Kier molecular flexibility index (Phi) is 5.45. The fraction of sp³-hybridized carbons (Fsp3) is 0.556. The monoisotopic (exact) mass is 350 g/mol. The van der Waals surface area contributed by atoms with Crippen molar-refractivity contribution in [3.8, 4) is 5.75 Å². The Bertz CT molecular complexity index is 639. The van der Waals surface area contributed by atoms with Gasteiger partial charge in [-0.3, -0.25) is 4.90 Å². The smallest absolute Gasteiger partial charge is 0.411 e. The summed E-state index contributed by atoms with van der Waals surface area (Å²) in [5, 5.41) is 9.42. The summed E-state index contributed by atoms with van der Waals surface area (Å²) in [4.78, 5) is 27.0. The van der Waals surface area contributed by atoms with E-state index in [1.165, 1.54) is 4.90 Å². The number of carbonyl (C=O) groups is 2. The number of nitrogens with zero attached hydrogens (tertiary/aromatic N) is 2. The molecule has 138 valence electrons. The van der Waals surface area contributed by atoms with Gasteiger partial charge in [-0.2, -0.15) is 0 Å². The van der Waals surface area contributed by atoms with Crippen LogP contribution in [0.2, 0.25) is 0 Å². The van der Waals surface area contributed by atoms with Crippen LogP contribution in [0.3, 0.4) is 0 Å². The molecule has 1 N–H and O–H groups in total. The average Bonchev–Trinajstić information content (AvgIpc) is 2.90. The molecule has 2 atom stereocenters. The van der Waals surface area contributed by atoms with Gasteiger partial charge in [0.1, 0.15) is 23.5 Å². The van der Waals surface area contributed by atoms with Gasteiger partial charge in [-0.1, -0.05) is 6.07 Å². The van der Waals surface area contributed by atoms with Crippen LogP contribution in [-0.2, 0) is 9.53 Å². The zero-order valence-electron chi connectivity index (χ0n) is 15.4. The van der Waals surface area contributed by atoms with Crippen molar-refractivity contribution in [3.05, 3.63) is 24.3 Å². The quantitative estimate of drug-likeness (QED) is 0.899. The summed E-state index contributed by atoms with van der Waals surface area (Å²) in [7, 11) is 3.86. The zero-order chi connectivity index (χ0) is 18.8. The molecule has 2 rings (SSSR count). The van der Waals surface area contributed by atoms with Crippen molar-refractivity contribution < 1.29 is 24.2 Å². The zero-order valence-corrected chi connectivity index (χ0v) is 15.4. The molecular weight excluding hydrogens is 324 g/mol. The van der Waals surface area contributed by atoms with E-state index in [-0.39, 0.29) is 13.0 Å². The average molecular weight is 350 g/mol. The first-order valence-electron chi connectivity index (χ1n) is 8.23. The Labute approximate surface area is 148 Å². The van der Waals surface area contributed by atoms with Crippen LogP contribution in [0.5, 0.6) is 5.75 Å². The number of carboxylic acid groups (broad SMARTS) is 1. The minimum Gasteiger partial charge on any atom is -0.488 e. The second-order valence-electron chi connectivity index (χ2n) is 7.35. The topological polar surface area (TPSA) is 79.3 Å². The minimum absolute atomic E-state index is 0.179. The van der Waals surface area contributed by atoms with Crippen LogP contribution in [0.25, 0.3) is 0 Å². The molecule has 0 aromatic heterocycles. The van der Waals surface area contributed by atoms with Crippen molar-refractivity contribution in [2.75, 3.05) is 25.5 Å². The molecule has 0 radical (unpaired) electrons. The molecule has 1 amide bonds. The number of carboxylic acids is 1. The molecular formula is C18H26N2O5. The van der Waals surface area contributed by atoms with Crippen LogP contribution < -0.4 is 9.64 Å². The van der Waals surface area contributed by atoms with Gasteiger partial charge in [-0.25, -0.2) is 9.59 Å². The van der Waals surface area contributed by atoms with Gasteiger partial charge in [0.05, 0.1) is 6.54 Å². The van der Waals surface area contributed by atoms with Crippen LogP contribution in [-0.4, -0.2) is 60.5 Å². The molecule has 25 heavy (non-hydrogen) atoms. The maximum atomic E-state index is 12.3. The molecule has 1 aliphatic heterocycles. The largest absolute Gasteiger partial charge is 0.488 e. The Balaban J connectivity index is 2.10. The van der Waals surface area contributed by atoms with E-state index >= 15 is 0 Å². The number of ether oxygens (including phenoxy) is 2. The molecule has 7 heteroatoms. The van der Waals surface area contributed by atoms with E-state index in [0.29, 0.717) is 5.75 Å². The lowest BCUT2D eigenvalue weighted by molar-refractivity contribution is -0.142. The van der Waals surface area contributed by atoms with Gasteiger partial charge in [0.15, 0.2) is 0 Å². The number of rotatable bonds is 4. The number of hydrogen-bond acceptors (Lipinski definition) is 5. The fourth-order valence-electron chi connectivity index (χ4n) is 2.67. The summed E-state index contributed by atoms with van der Waals surface area (Å²) in [5.41, 5.74) is 0.299. The number of carbonyl (C=O) groups excluding carboxylic acids is 1. The maximum absolute atomic E-state index is 12.3. The van der Waals surface area contributed by atoms with Gasteiger partial charge in [-0.15, -0.1) is 0 Å². The Morgan fingerprint density at radius 1 is 1.28 bits per heavy atom. The van der Waals surface area contributed by atoms with Gasteiger partial charge < -0.3 is 19.5 Å². The highest BCUT2D eigenvalue weighted by molar-refractivity contribution is 5.81. The second kappa shape index (κ2) is 7.21. The van der Waals surface area contributed by atoms with Crippen molar-refractivity contribution in [2.45, 2.75) is 44.9 Å². The molecule has 1 aromatic carbocycles.